The number of methoxy groups -OCH3 is 1. The Bertz CT molecular complexity index is 748. The highest BCUT2D eigenvalue weighted by molar-refractivity contribution is 5.42. The molecule has 0 radical (unpaired) electrons. The molecular formula is C16H16F3N3O2. The van der Waals surface area contributed by atoms with E-state index in [4.69, 9.17) is 15.1 Å². The van der Waals surface area contributed by atoms with Gasteiger partial charge in [-0.05, 0) is 25.0 Å². The fraction of sp³-hybridized carbons (Fsp3) is 0.375. The Morgan fingerprint density at radius 2 is 2.08 bits per heavy atom. The van der Waals surface area contributed by atoms with E-state index in [0.29, 0.717) is 16.9 Å². The fourth-order valence-electron chi connectivity index (χ4n) is 2.35. The van der Waals surface area contributed by atoms with Crippen LogP contribution in [0.2, 0.25) is 0 Å². The van der Waals surface area contributed by atoms with Gasteiger partial charge in [-0.25, -0.2) is 0 Å². The van der Waals surface area contributed by atoms with E-state index in [9.17, 15) is 13.2 Å². The number of hydrogen-bond donors (Lipinski definition) is 1. The van der Waals surface area contributed by atoms with Crippen molar-refractivity contribution in [2.45, 2.75) is 25.6 Å². The molecule has 0 unspecified atom stereocenters. The van der Waals surface area contributed by atoms with E-state index in [1.54, 1.807) is 12.1 Å². The Morgan fingerprint density at radius 3 is 2.67 bits per heavy atom. The molecule has 0 bridgehead atoms. The van der Waals surface area contributed by atoms with E-state index in [1.807, 2.05) is 6.07 Å². The average molecular weight is 339 g/mol. The van der Waals surface area contributed by atoms with Gasteiger partial charge in [0, 0.05) is 23.9 Å². The first kappa shape index (κ1) is 17.8. The molecule has 0 atom stereocenters. The Hall–Kier alpha value is -2.53. The molecular weight excluding hydrogens is 323 g/mol. The van der Waals surface area contributed by atoms with Crippen LogP contribution in [0.4, 0.5) is 13.2 Å². The van der Waals surface area contributed by atoms with Gasteiger partial charge in [-0.15, -0.1) is 0 Å². The van der Waals surface area contributed by atoms with E-state index >= 15 is 0 Å². The van der Waals surface area contributed by atoms with Crippen LogP contribution in [0, 0.1) is 11.3 Å². The van der Waals surface area contributed by atoms with Gasteiger partial charge in [0.1, 0.15) is 5.75 Å². The van der Waals surface area contributed by atoms with Crippen LogP contribution in [0.5, 0.6) is 5.75 Å². The molecule has 128 valence electrons. The Kier molecular flexibility index (Phi) is 5.46. The van der Waals surface area contributed by atoms with Crippen molar-refractivity contribution in [1.29, 1.82) is 5.26 Å². The highest BCUT2D eigenvalue weighted by Gasteiger charge is 2.36. The lowest BCUT2D eigenvalue weighted by atomic mass is 10.1. The highest BCUT2D eigenvalue weighted by Crippen LogP contribution is 2.32. The maximum absolute atomic E-state index is 13.1. The van der Waals surface area contributed by atoms with E-state index in [0.717, 1.165) is 0 Å². The lowest BCUT2D eigenvalue weighted by molar-refractivity contribution is -0.142. The molecule has 8 heteroatoms. The van der Waals surface area contributed by atoms with Crippen molar-refractivity contribution in [2.75, 3.05) is 13.7 Å². The first-order valence-corrected chi connectivity index (χ1v) is 7.20. The number of aliphatic hydroxyl groups excluding tert-OH is 1. The minimum atomic E-state index is -4.55. The molecule has 0 saturated heterocycles. The van der Waals surface area contributed by atoms with Crippen molar-refractivity contribution in [3.8, 4) is 11.8 Å². The summed E-state index contributed by atoms with van der Waals surface area (Å²) in [5, 5.41) is 21.3. The molecule has 0 fully saturated rings. The third-order valence-electron chi connectivity index (χ3n) is 3.46. The zero-order valence-electron chi connectivity index (χ0n) is 13.0. The van der Waals surface area contributed by atoms with Crippen molar-refractivity contribution >= 4 is 0 Å². The third kappa shape index (κ3) is 4.06. The largest absolute Gasteiger partial charge is 0.496 e. The van der Waals surface area contributed by atoms with Crippen LogP contribution >= 0.6 is 0 Å². The maximum Gasteiger partial charge on any atom is 0.435 e. The van der Waals surface area contributed by atoms with E-state index in [1.165, 1.54) is 24.1 Å². The van der Waals surface area contributed by atoms with Gasteiger partial charge in [-0.3, -0.25) is 4.68 Å². The number of aromatic nitrogens is 2. The summed E-state index contributed by atoms with van der Waals surface area (Å²) in [5.41, 5.74) is 0.116. The Labute approximate surface area is 136 Å². The van der Waals surface area contributed by atoms with Crippen LogP contribution < -0.4 is 4.74 Å². The number of hydrogen-bond acceptors (Lipinski definition) is 4. The number of halogens is 3. The number of aliphatic hydroxyl groups is 1. The maximum atomic E-state index is 13.1. The SMILES string of the molecule is COc1cc(C#N)ccc1Cn1cc(CCCO)c(C(F)(F)F)n1. The molecule has 1 aromatic carbocycles. The molecule has 0 aliphatic rings. The van der Waals surface area contributed by atoms with Gasteiger partial charge in [0.25, 0.3) is 0 Å². The predicted octanol–water partition coefficient (Wildman–Crippen LogP) is 2.76. The molecule has 0 spiro atoms. The lowest BCUT2D eigenvalue weighted by Gasteiger charge is -2.09. The zero-order chi connectivity index (χ0) is 17.7. The summed E-state index contributed by atoms with van der Waals surface area (Å²) in [6.07, 6.45) is -2.90. The molecule has 1 aromatic heterocycles. The summed E-state index contributed by atoms with van der Waals surface area (Å²) < 4.78 is 45.6. The number of nitrogens with zero attached hydrogens (tertiary/aromatic N) is 3. The minimum Gasteiger partial charge on any atom is -0.496 e. The van der Waals surface area contributed by atoms with E-state index < -0.39 is 11.9 Å². The highest BCUT2D eigenvalue weighted by atomic mass is 19.4. The van der Waals surface area contributed by atoms with Gasteiger partial charge >= 0.3 is 6.18 Å². The summed E-state index contributed by atoms with van der Waals surface area (Å²) in [5.74, 6) is 0.412. The van der Waals surface area contributed by atoms with Crippen molar-refractivity contribution < 1.29 is 23.0 Å². The fourth-order valence-corrected chi connectivity index (χ4v) is 2.35. The topological polar surface area (TPSA) is 71.1 Å². The molecule has 2 aromatic rings. The number of aryl methyl sites for hydroxylation is 1. The first-order valence-electron chi connectivity index (χ1n) is 7.20. The molecule has 5 nitrogen and oxygen atoms in total. The van der Waals surface area contributed by atoms with Gasteiger partial charge in [-0.1, -0.05) is 6.07 Å². The van der Waals surface area contributed by atoms with Gasteiger partial charge in [0.05, 0.1) is 25.3 Å². The third-order valence-corrected chi connectivity index (χ3v) is 3.46. The van der Waals surface area contributed by atoms with Crippen molar-refractivity contribution in [2.24, 2.45) is 0 Å². The minimum absolute atomic E-state index is 0.0455. The van der Waals surface area contributed by atoms with Crippen LogP contribution in [0.15, 0.2) is 24.4 Å². The molecule has 2 rings (SSSR count). The van der Waals surface area contributed by atoms with Crippen LogP contribution in [0.25, 0.3) is 0 Å². The normalized spacial score (nSPS) is 11.3. The summed E-state index contributed by atoms with van der Waals surface area (Å²) in [4.78, 5) is 0. The number of nitriles is 1. The quantitative estimate of drug-likeness (QED) is 0.878. The standard InChI is InChI=1S/C16H16F3N3O2/c1-24-14-7-11(8-20)4-5-12(14)9-22-10-13(3-2-6-23)15(21-22)16(17,18)19/h4-5,7,10,23H,2-3,6,9H2,1H3. The second-order valence-corrected chi connectivity index (χ2v) is 5.16. The summed E-state index contributed by atoms with van der Waals surface area (Å²) in [6.45, 7) is -0.108. The molecule has 0 amide bonds. The second-order valence-electron chi connectivity index (χ2n) is 5.16. The van der Waals surface area contributed by atoms with Crippen LogP contribution in [-0.4, -0.2) is 28.6 Å². The Morgan fingerprint density at radius 1 is 1.33 bits per heavy atom. The predicted molar refractivity (Wildman–Crippen MR) is 79.4 cm³/mol. The monoisotopic (exact) mass is 339 g/mol. The lowest BCUT2D eigenvalue weighted by Crippen LogP contribution is -2.10. The van der Waals surface area contributed by atoms with Crippen LogP contribution in [0.3, 0.4) is 0 Å². The number of ether oxygens (including phenoxy) is 1. The summed E-state index contributed by atoms with van der Waals surface area (Å²) >= 11 is 0. The smallest absolute Gasteiger partial charge is 0.435 e. The molecule has 0 saturated carbocycles. The summed E-state index contributed by atoms with van der Waals surface area (Å²) in [6, 6.07) is 6.69. The number of benzene rings is 1. The molecule has 0 aliphatic heterocycles. The van der Waals surface area contributed by atoms with Gasteiger partial charge in [0.2, 0.25) is 0 Å². The zero-order valence-corrected chi connectivity index (χ0v) is 13.0. The van der Waals surface area contributed by atoms with E-state index in [-0.39, 0.29) is 31.6 Å². The van der Waals surface area contributed by atoms with E-state index in [2.05, 4.69) is 5.10 Å². The van der Waals surface area contributed by atoms with Gasteiger partial charge in [-0.2, -0.15) is 23.5 Å². The molecule has 1 heterocycles. The average Bonchev–Trinajstić information content (AvgIpc) is 2.96. The van der Waals surface area contributed by atoms with Crippen LogP contribution in [0.1, 0.15) is 28.8 Å². The molecule has 0 aliphatic carbocycles. The number of rotatable bonds is 6. The summed E-state index contributed by atoms with van der Waals surface area (Å²) in [7, 11) is 1.43. The van der Waals surface area contributed by atoms with Crippen molar-refractivity contribution in [1.82, 2.24) is 9.78 Å². The first-order chi connectivity index (χ1) is 11.4. The van der Waals surface area contributed by atoms with Crippen molar-refractivity contribution in [3.63, 3.8) is 0 Å². The van der Waals surface area contributed by atoms with Gasteiger partial charge in [0.15, 0.2) is 5.69 Å². The molecule has 24 heavy (non-hydrogen) atoms. The number of alkyl halides is 3. The van der Waals surface area contributed by atoms with Crippen LogP contribution in [-0.2, 0) is 19.1 Å². The molecule has 1 N–H and O–H groups in total. The van der Waals surface area contributed by atoms with Crippen molar-refractivity contribution in [3.05, 3.63) is 46.8 Å². The Balaban J connectivity index is 2.33. The second kappa shape index (κ2) is 7.36. The van der Waals surface area contributed by atoms with Gasteiger partial charge < -0.3 is 9.84 Å².